The zero-order valence-corrected chi connectivity index (χ0v) is 15.1. The average Bonchev–Trinajstić information content (AvgIpc) is 3.22. The summed E-state index contributed by atoms with van der Waals surface area (Å²) < 4.78 is 13.0. The van der Waals surface area contributed by atoms with Gasteiger partial charge in [-0.2, -0.15) is 0 Å². The molecule has 3 heterocycles. The second-order valence-electron chi connectivity index (χ2n) is 5.48. The van der Waals surface area contributed by atoms with Crippen molar-refractivity contribution in [1.82, 2.24) is 19.6 Å². The molecule has 0 unspecified atom stereocenters. The molecule has 0 aliphatic heterocycles. The van der Waals surface area contributed by atoms with Crippen LogP contribution in [0.5, 0.6) is 16.7 Å². The number of nitrogens with zero attached hydrogens (tertiary/aromatic N) is 4. The highest BCUT2D eigenvalue weighted by Gasteiger charge is 2.13. The van der Waals surface area contributed by atoms with E-state index in [4.69, 9.17) is 9.47 Å². The third kappa shape index (κ3) is 3.16. The van der Waals surface area contributed by atoms with Crippen LogP contribution in [0.1, 0.15) is 12.5 Å². The van der Waals surface area contributed by atoms with Crippen LogP contribution in [0, 0.1) is 0 Å². The van der Waals surface area contributed by atoms with E-state index in [0.29, 0.717) is 16.7 Å². The van der Waals surface area contributed by atoms with Gasteiger partial charge in [0, 0.05) is 18.0 Å². The Labute approximate surface area is 154 Å². The molecule has 0 saturated carbocycles. The van der Waals surface area contributed by atoms with E-state index < -0.39 is 0 Å². The molecule has 4 rings (SSSR count). The molecule has 0 atom stereocenters. The summed E-state index contributed by atoms with van der Waals surface area (Å²) in [6.45, 7) is 1.97. The van der Waals surface area contributed by atoms with Crippen LogP contribution in [0.25, 0.3) is 22.3 Å². The number of hydrogen-bond acceptors (Lipinski definition) is 6. The molecule has 3 aromatic heterocycles. The Hall–Kier alpha value is -3.19. The Morgan fingerprint density at radius 3 is 2.85 bits per heavy atom. The molecule has 4 aromatic rings. The molecule has 0 spiro atoms. The molecule has 0 bridgehead atoms. The number of benzene rings is 1. The maximum atomic E-state index is 5.91. The molecule has 0 amide bonds. The van der Waals surface area contributed by atoms with Crippen molar-refractivity contribution in [3.05, 3.63) is 60.6 Å². The Balaban J connectivity index is 1.61. The van der Waals surface area contributed by atoms with Gasteiger partial charge in [0.25, 0.3) is 5.19 Å². The van der Waals surface area contributed by atoms with Gasteiger partial charge >= 0.3 is 0 Å². The second kappa shape index (κ2) is 6.97. The molecule has 0 saturated heterocycles. The fourth-order valence-electron chi connectivity index (χ4n) is 2.54. The number of allylic oxidation sites excluding steroid dienone is 1. The van der Waals surface area contributed by atoms with Crippen LogP contribution in [-0.2, 0) is 0 Å². The van der Waals surface area contributed by atoms with Gasteiger partial charge in [-0.1, -0.05) is 18.2 Å². The first-order valence-electron chi connectivity index (χ1n) is 8.02. The first-order chi connectivity index (χ1) is 12.8. The number of fused-ring (bicyclic) bond motifs is 1. The first kappa shape index (κ1) is 16.3. The quantitative estimate of drug-likeness (QED) is 0.514. The number of aromatic nitrogens is 4. The highest BCUT2D eigenvalue weighted by molar-refractivity contribution is 7.18. The van der Waals surface area contributed by atoms with Gasteiger partial charge in [-0.05, 0) is 48.1 Å². The minimum atomic E-state index is 0.502. The third-order valence-corrected chi connectivity index (χ3v) is 4.53. The second-order valence-corrected chi connectivity index (χ2v) is 6.39. The van der Waals surface area contributed by atoms with Gasteiger partial charge in [0.1, 0.15) is 0 Å². The van der Waals surface area contributed by atoms with Crippen LogP contribution in [-0.4, -0.2) is 26.7 Å². The minimum Gasteiger partial charge on any atom is -0.493 e. The maximum absolute atomic E-state index is 5.91. The van der Waals surface area contributed by atoms with Gasteiger partial charge in [0.05, 0.1) is 19.0 Å². The first-order valence-corrected chi connectivity index (χ1v) is 8.83. The summed E-state index contributed by atoms with van der Waals surface area (Å²) in [6, 6.07) is 9.62. The van der Waals surface area contributed by atoms with Crippen molar-refractivity contribution >= 4 is 22.4 Å². The van der Waals surface area contributed by atoms with Crippen LogP contribution in [0.3, 0.4) is 0 Å². The van der Waals surface area contributed by atoms with Crippen molar-refractivity contribution in [3.8, 4) is 28.0 Å². The van der Waals surface area contributed by atoms with Crippen molar-refractivity contribution in [2.24, 2.45) is 0 Å². The van der Waals surface area contributed by atoms with Gasteiger partial charge in [0.15, 0.2) is 11.5 Å². The predicted octanol–water partition coefficient (Wildman–Crippen LogP) is 4.69. The number of rotatable bonds is 5. The van der Waals surface area contributed by atoms with Gasteiger partial charge in [-0.3, -0.25) is 4.98 Å². The summed E-state index contributed by atoms with van der Waals surface area (Å²) in [6.07, 6.45) is 9.36. The van der Waals surface area contributed by atoms with E-state index in [-0.39, 0.29) is 0 Å². The predicted molar refractivity (Wildman–Crippen MR) is 102 cm³/mol. The van der Waals surface area contributed by atoms with Crippen molar-refractivity contribution in [3.63, 3.8) is 0 Å². The molecule has 0 N–H and O–H groups in total. The highest BCUT2D eigenvalue weighted by Crippen LogP contribution is 2.35. The summed E-state index contributed by atoms with van der Waals surface area (Å²) in [4.78, 5) is 9.46. The molecule has 6 nitrogen and oxygen atoms in total. The van der Waals surface area contributed by atoms with Gasteiger partial charge in [0.2, 0.25) is 4.96 Å². The molecule has 0 fully saturated rings. The molecule has 1 aromatic carbocycles. The molecule has 130 valence electrons. The third-order valence-electron chi connectivity index (χ3n) is 3.73. The van der Waals surface area contributed by atoms with E-state index in [0.717, 1.165) is 21.8 Å². The van der Waals surface area contributed by atoms with Crippen molar-refractivity contribution in [2.75, 3.05) is 7.11 Å². The van der Waals surface area contributed by atoms with Crippen LogP contribution in [0.15, 0.2) is 55.0 Å². The topological polar surface area (TPSA) is 61.5 Å². The molecule has 7 heteroatoms. The van der Waals surface area contributed by atoms with Crippen LogP contribution in [0.4, 0.5) is 0 Å². The number of pyridine rings is 1. The zero-order valence-electron chi connectivity index (χ0n) is 14.3. The summed E-state index contributed by atoms with van der Waals surface area (Å²) >= 11 is 1.37. The average molecular weight is 364 g/mol. The summed E-state index contributed by atoms with van der Waals surface area (Å²) in [5.41, 5.74) is 2.83. The Bertz CT molecular complexity index is 1040. The molecule has 26 heavy (non-hydrogen) atoms. The fourth-order valence-corrected chi connectivity index (χ4v) is 3.28. The Morgan fingerprint density at radius 1 is 1.19 bits per heavy atom. The lowest BCUT2D eigenvalue weighted by Gasteiger charge is -2.08. The molecule has 0 aliphatic carbocycles. The van der Waals surface area contributed by atoms with E-state index >= 15 is 0 Å². The number of imidazole rings is 1. The lowest BCUT2D eigenvalue weighted by Crippen LogP contribution is -1.91. The smallest absolute Gasteiger partial charge is 0.300 e. The number of hydrogen-bond donors (Lipinski definition) is 0. The summed E-state index contributed by atoms with van der Waals surface area (Å²) in [5.74, 6) is 1.27. The molecular formula is C19H16N4O2S. The zero-order chi connectivity index (χ0) is 17.9. The number of ether oxygens (including phenoxy) is 2. The maximum Gasteiger partial charge on any atom is 0.300 e. The van der Waals surface area contributed by atoms with Crippen LogP contribution in [0.2, 0.25) is 0 Å². The van der Waals surface area contributed by atoms with Crippen LogP contribution < -0.4 is 9.47 Å². The van der Waals surface area contributed by atoms with E-state index in [9.17, 15) is 0 Å². The SMILES string of the molecule is C/C=C/c1ccc(Oc2nn3cc(-c4cccnc4)nc3s2)c(OC)c1. The van der Waals surface area contributed by atoms with Crippen molar-refractivity contribution in [1.29, 1.82) is 0 Å². The monoisotopic (exact) mass is 364 g/mol. The molecular weight excluding hydrogens is 348 g/mol. The van der Waals surface area contributed by atoms with E-state index in [2.05, 4.69) is 15.1 Å². The number of methoxy groups -OCH3 is 1. The normalized spacial score (nSPS) is 11.3. The van der Waals surface area contributed by atoms with E-state index in [1.807, 2.05) is 55.6 Å². The van der Waals surface area contributed by atoms with E-state index in [1.54, 1.807) is 24.0 Å². The Morgan fingerprint density at radius 2 is 2.12 bits per heavy atom. The standard InChI is InChI=1S/C19H16N4O2S/c1-3-5-13-7-8-16(17(10-13)24-2)25-19-22-23-12-15(21-18(23)26-19)14-6-4-9-20-11-14/h3-12H,1-2H3/b5-3+. The fraction of sp³-hybridized carbons (Fsp3) is 0.105. The molecule has 0 radical (unpaired) electrons. The summed E-state index contributed by atoms with van der Waals surface area (Å²) in [5, 5.41) is 4.95. The van der Waals surface area contributed by atoms with Crippen LogP contribution >= 0.6 is 11.3 Å². The lowest BCUT2D eigenvalue weighted by atomic mass is 10.2. The van der Waals surface area contributed by atoms with E-state index in [1.165, 1.54) is 11.3 Å². The highest BCUT2D eigenvalue weighted by atomic mass is 32.1. The van der Waals surface area contributed by atoms with Crippen molar-refractivity contribution < 1.29 is 9.47 Å². The van der Waals surface area contributed by atoms with Crippen molar-refractivity contribution in [2.45, 2.75) is 6.92 Å². The lowest BCUT2D eigenvalue weighted by molar-refractivity contribution is 0.376. The summed E-state index contributed by atoms with van der Waals surface area (Å²) in [7, 11) is 1.62. The van der Waals surface area contributed by atoms with Gasteiger partial charge in [-0.15, -0.1) is 5.10 Å². The Kier molecular flexibility index (Phi) is 4.37. The van der Waals surface area contributed by atoms with Gasteiger partial charge < -0.3 is 9.47 Å². The molecule has 0 aliphatic rings. The minimum absolute atomic E-state index is 0.502. The largest absolute Gasteiger partial charge is 0.493 e. The van der Waals surface area contributed by atoms with Gasteiger partial charge in [-0.25, -0.2) is 9.50 Å².